The molecule has 0 unspecified atom stereocenters. The van der Waals surface area contributed by atoms with Crippen molar-refractivity contribution in [1.29, 1.82) is 0 Å². The molecule has 6 nitrogen and oxygen atoms in total. The summed E-state index contributed by atoms with van der Waals surface area (Å²) < 4.78 is 17.3. The molecule has 2 N–H and O–H groups in total. The van der Waals surface area contributed by atoms with Gasteiger partial charge in [0.1, 0.15) is 0 Å². The maximum atomic E-state index is 12.4. The third kappa shape index (κ3) is 11.2. The SMILES string of the molecule is CN(C[C@@H](O[Si](C)(C)C)[C@@H](N)CC1CCOCC1)C(=O)OCC[Si](C)(C)C. The number of carbonyl (C=O) groups is 1. The van der Waals surface area contributed by atoms with Crippen LogP contribution >= 0.6 is 0 Å². The van der Waals surface area contributed by atoms with Crippen LogP contribution in [0.1, 0.15) is 19.3 Å². The zero-order chi connectivity index (χ0) is 20.7. The first-order valence-electron chi connectivity index (χ1n) is 10.3. The van der Waals surface area contributed by atoms with Gasteiger partial charge < -0.3 is 24.5 Å². The van der Waals surface area contributed by atoms with E-state index in [2.05, 4.69) is 39.3 Å². The number of nitrogens with two attached hydrogens (primary N) is 1. The largest absolute Gasteiger partial charge is 0.450 e. The number of hydrogen-bond acceptors (Lipinski definition) is 5. The minimum atomic E-state index is -1.78. The Bertz CT molecular complexity index is 446. The quantitative estimate of drug-likeness (QED) is 0.547. The first-order chi connectivity index (χ1) is 12.4. The highest BCUT2D eigenvalue weighted by molar-refractivity contribution is 6.76. The summed E-state index contributed by atoms with van der Waals surface area (Å²) in [5, 5.41) is 0. The molecule has 8 heteroatoms. The molecule has 0 aromatic carbocycles. The fourth-order valence-corrected chi connectivity index (χ4v) is 5.00. The van der Waals surface area contributed by atoms with Gasteiger partial charge in [0.05, 0.1) is 19.3 Å². The predicted molar refractivity (Wildman–Crippen MR) is 116 cm³/mol. The third-order valence-corrected chi connectivity index (χ3v) is 7.49. The Kier molecular flexibility index (Phi) is 9.98. The van der Waals surface area contributed by atoms with Gasteiger partial charge in [-0.15, -0.1) is 0 Å². The molecular formula is C19H42N2O4Si2. The Morgan fingerprint density at radius 1 is 1.19 bits per heavy atom. The summed E-state index contributed by atoms with van der Waals surface area (Å²) in [7, 11) is -1.21. The van der Waals surface area contributed by atoms with E-state index in [4.69, 9.17) is 19.6 Å². The Labute approximate surface area is 168 Å². The van der Waals surface area contributed by atoms with Crippen molar-refractivity contribution in [3.8, 4) is 0 Å². The summed E-state index contributed by atoms with van der Waals surface area (Å²) in [6.07, 6.45) is 2.59. The highest BCUT2D eigenvalue weighted by Gasteiger charge is 2.30. The molecule has 1 aliphatic heterocycles. The second kappa shape index (κ2) is 10.9. The number of likely N-dealkylation sites (N-methyl/N-ethyl adjacent to an activating group) is 1. The first-order valence-corrected chi connectivity index (χ1v) is 17.4. The van der Waals surface area contributed by atoms with Crippen molar-refractivity contribution >= 4 is 22.5 Å². The van der Waals surface area contributed by atoms with Crippen LogP contribution in [0.5, 0.6) is 0 Å². The van der Waals surface area contributed by atoms with E-state index in [1.54, 1.807) is 11.9 Å². The monoisotopic (exact) mass is 418 g/mol. The van der Waals surface area contributed by atoms with Crippen LogP contribution in [-0.4, -0.2) is 72.9 Å². The van der Waals surface area contributed by atoms with E-state index >= 15 is 0 Å². The molecule has 1 fully saturated rings. The third-order valence-electron chi connectivity index (χ3n) is 4.77. The van der Waals surface area contributed by atoms with Crippen LogP contribution in [0.4, 0.5) is 4.79 Å². The van der Waals surface area contributed by atoms with Crippen LogP contribution in [-0.2, 0) is 13.9 Å². The fraction of sp³-hybridized carbons (Fsp3) is 0.947. The van der Waals surface area contributed by atoms with Gasteiger partial charge in [-0.05, 0) is 50.9 Å². The molecule has 2 atom stereocenters. The molecule has 0 radical (unpaired) electrons. The standard InChI is InChI=1S/C19H42N2O4Si2/c1-21(19(22)24-12-13-26(2,3)4)15-18(25-27(5,6)7)17(20)14-16-8-10-23-11-9-16/h16-18H,8-15,20H2,1-7H3/t17-,18+/m0/s1. The van der Waals surface area contributed by atoms with E-state index < -0.39 is 16.4 Å². The summed E-state index contributed by atoms with van der Waals surface area (Å²) in [6, 6.07) is 0.891. The maximum Gasteiger partial charge on any atom is 0.409 e. The van der Waals surface area contributed by atoms with Crippen molar-refractivity contribution in [3.63, 3.8) is 0 Å². The zero-order valence-corrected chi connectivity index (χ0v) is 20.5. The van der Waals surface area contributed by atoms with Crippen molar-refractivity contribution in [2.45, 2.75) is 76.7 Å². The van der Waals surface area contributed by atoms with Gasteiger partial charge in [0.25, 0.3) is 0 Å². The van der Waals surface area contributed by atoms with E-state index in [-0.39, 0.29) is 18.2 Å². The molecule has 27 heavy (non-hydrogen) atoms. The van der Waals surface area contributed by atoms with Crippen LogP contribution in [0.2, 0.25) is 45.3 Å². The van der Waals surface area contributed by atoms with Crippen molar-refractivity contribution in [2.24, 2.45) is 11.7 Å². The molecule has 1 amide bonds. The van der Waals surface area contributed by atoms with Gasteiger partial charge in [-0.3, -0.25) is 0 Å². The average Bonchev–Trinajstić information content (AvgIpc) is 2.52. The molecule has 1 aliphatic rings. The van der Waals surface area contributed by atoms with Crippen LogP contribution in [0.25, 0.3) is 0 Å². The summed E-state index contributed by atoms with van der Waals surface area (Å²) in [6.45, 7) is 15.9. The van der Waals surface area contributed by atoms with Crippen LogP contribution < -0.4 is 5.73 Å². The molecule has 0 spiro atoms. The van der Waals surface area contributed by atoms with Gasteiger partial charge in [0.15, 0.2) is 8.32 Å². The number of nitrogens with zero attached hydrogens (tertiary/aromatic N) is 1. The fourth-order valence-electron chi connectivity index (χ4n) is 3.13. The summed E-state index contributed by atoms with van der Waals surface area (Å²) in [5.41, 5.74) is 6.54. The predicted octanol–water partition coefficient (Wildman–Crippen LogP) is 3.76. The molecule has 1 heterocycles. The van der Waals surface area contributed by atoms with Gasteiger partial charge in [-0.1, -0.05) is 19.6 Å². The average molecular weight is 419 g/mol. The Morgan fingerprint density at radius 2 is 1.78 bits per heavy atom. The lowest BCUT2D eigenvalue weighted by Crippen LogP contribution is -2.50. The molecule has 0 aromatic rings. The van der Waals surface area contributed by atoms with Crippen molar-refractivity contribution in [3.05, 3.63) is 0 Å². The number of ether oxygens (including phenoxy) is 2. The van der Waals surface area contributed by atoms with Gasteiger partial charge in [0, 0.05) is 34.4 Å². The highest BCUT2D eigenvalue weighted by Crippen LogP contribution is 2.23. The van der Waals surface area contributed by atoms with E-state index in [0.29, 0.717) is 19.1 Å². The molecule has 0 saturated carbocycles. The van der Waals surface area contributed by atoms with Gasteiger partial charge >= 0.3 is 6.09 Å². The summed E-state index contributed by atoms with van der Waals surface area (Å²) in [4.78, 5) is 14.0. The lowest BCUT2D eigenvalue weighted by Gasteiger charge is -2.35. The molecule has 1 rings (SSSR count). The minimum absolute atomic E-state index is 0.0861. The molecule has 160 valence electrons. The van der Waals surface area contributed by atoms with Gasteiger partial charge in [-0.2, -0.15) is 0 Å². The van der Waals surface area contributed by atoms with Gasteiger partial charge in [0.2, 0.25) is 0 Å². The second-order valence-corrected chi connectivity index (χ2v) is 20.1. The second-order valence-electron chi connectivity index (χ2n) is 10.0. The maximum absolute atomic E-state index is 12.4. The minimum Gasteiger partial charge on any atom is -0.450 e. The normalized spacial score (nSPS) is 18.8. The van der Waals surface area contributed by atoms with Crippen LogP contribution in [0.3, 0.4) is 0 Å². The Balaban J connectivity index is 2.59. The van der Waals surface area contributed by atoms with Crippen molar-refractivity contribution < 1.29 is 18.7 Å². The summed E-state index contributed by atoms with van der Waals surface area (Å²) in [5.74, 6) is 0.579. The van der Waals surface area contributed by atoms with Gasteiger partial charge in [-0.25, -0.2) is 4.79 Å². The van der Waals surface area contributed by atoms with E-state index in [0.717, 1.165) is 38.5 Å². The number of amides is 1. The van der Waals surface area contributed by atoms with E-state index in [1.165, 1.54) is 0 Å². The van der Waals surface area contributed by atoms with Crippen molar-refractivity contribution in [1.82, 2.24) is 4.90 Å². The molecule has 0 aromatic heterocycles. The molecular weight excluding hydrogens is 376 g/mol. The number of carbonyl (C=O) groups excluding carboxylic acids is 1. The smallest absolute Gasteiger partial charge is 0.409 e. The van der Waals surface area contributed by atoms with E-state index in [1.807, 2.05) is 0 Å². The lowest BCUT2D eigenvalue weighted by molar-refractivity contribution is 0.0482. The van der Waals surface area contributed by atoms with E-state index in [9.17, 15) is 4.79 Å². The first kappa shape index (κ1) is 24.6. The Morgan fingerprint density at radius 3 is 2.30 bits per heavy atom. The number of hydrogen-bond donors (Lipinski definition) is 1. The Hall–Kier alpha value is -0.416. The highest BCUT2D eigenvalue weighted by atomic mass is 28.4. The molecule has 1 saturated heterocycles. The number of rotatable bonds is 10. The van der Waals surface area contributed by atoms with Crippen LogP contribution in [0, 0.1) is 5.92 Å². The molecule has 0 bridgehead atoms. The summed E-state index contributed by atoms with van der Waals surface area (Å²) >= 11 is 0. The lowest BCUT2D eigenvalue weighted by atomic mass is 9.90. The van der Waals surface area contributed by atoms with Crippen molar-refractivity contribution in [2.75, 3.05) is 33.4 Å². The molecule has 0 aliphatic carbocycles. The topological polar surface area (TPSA) is 74.0 Å². The zero-order valence-electron chi connectivity index (χ0n) is 18.5. The van der Waals surface area contributed by atoms with Crippen LogP contribution in [0.15, 0.2) is 0 Å².